The van der Waals surface area contributed by atoms with E-state index in [1.165, 1.54) is 25.0 Å². The molecule has 3 rings (SSSR count). The third kappa shape index (κ3) is 2.75. The number of nitrogens with zero attached hydrogens (tertiary/aromatic N) is 1. The lowest BCUT2D eigenvalue weighted by atomic mass is 10.0. The van der Waals surface area contributed by atoms with Gasteiger partial charge in [0.2, 0.25) is 0 Å². The van der Waals surface area contributed by atoms with E-state index >= 15 is 0 Å². The van der Waals surface area contributed by atoms with Crippen LogP contribution in [0, 0.1) is 18.7 Å². The predicted octanol–water partition coefficient (Wildman–Crippen LogP) is 4.09. The molecule has 3 heteroatoms. The van der Waals surface area contributed by atoms with Gasteiger partial charge < -0.3 is 5.32 Å². The molecular weight excluding hydrogens is 239 g/mol. The molecule has 2 aromatic rings. The Morgan fingerprint density at radius 2 is 1.95 bits per heavy atom. The van der Waals surface area contributed by atoms with E-state index in [2.05, 4.69) is 10.3 Å². The Bertz CT molecular complexity index is 561. The second-order valence-electron chi connectivity index (χ2n) is 5.15. The summed E-state index contributed by atoms with van der Waals surface area (Å²) < 4.78 is 13.0. The van der Waals surface area contributed by atoms with Crippen molar-refractivity contribution in [1.29, 1.82) is 0 Å². The third-order valence-electron chi connectivity index (χ3n) is 3.64. The molecule has 0 aliphatic heterocycles. The van der Waals surface area contributed by atoms with Crippen molar-refractivity contribution in [3.8, 4) is 0 Å². The van der Waals surface area contributed by atoms with E-state index < -0.39 is 0 Å². The van der Waals surface area contributed by atoms with E-state index in [9.17, 15) is 4.39 Å². The van der Waals surface area contributed by atoms with Gasteiger partial charge in [-0.1, -0.05) is 12.1 Å². The molecule has 2 nitrogen and oxygen atoms in total. The molecule has 19 heavy (non-hydrogen) atoms. The molecule has 1 aliphatic carbocycles. The zero-order valence-corrected chi connectivity index (χ0v) is 10.9. The van der Waals surface area contributed by atoms with E-state index in [1.807, 2.05) is 31.2 Å². The number of hydrogen-bond acceptors (Lipinski definition) is 2. The molecule has 1 aliphatic rings. The number of hydrogen-bond donors (Lipinski definition) is 1. The first kappa shape index (κ1) is 12.2. The molecule has 0 radical (unpaired) electrons. The molecule has 1 aromatic heterocycles. The molecule has 98 valence electrons. The smallest absolute Gasteiger partial charge is 0.123 e. The van der Waals surface area contributed by atoms with Crippen molar-refractivity contribution in [2.75, 3.05) is 5.32 Å². The summed E-state index contributed by atoms with van der Waals surface area (Å²) in [5.74, 6) is 0.459. The Morgan fingerprint density at radius 3 is 2.58 bits per heavy atom. The number of rotatable bonds is 4. The molecular formula is C16H17FN2. The van der Waals surface area contributed by atoms with Gasteiger partial charge in [0.15, 0.2) is 0 Å². The maximum atomic E-state index is 13.0. The minimum absolute atomic E-state index is 0.184. The van der Waals surface area contributed by atoms with Gasteiger partial charge in [-0.25, -0.2) is 4.39 Å². The van der Waals surface area contributed by atoms with Crippen molar-refractivity contribution in [3.63, 3.8) is 0 Å². The summed E-state index contributed by atoms with van der Waals surface area (Å²) in [6.45, 7) is 2.00. The fourth-order valence-corrected chi connectivity index (χ4v) is 2.38. The van der Waals surface area contributed by atoms with Crippen LogP contribution in [0.4, 0.5) is 10.1 Å². The lowest BCUT2D eigenvalue weighted by molar-refractivity contribution is 0.622. The summed E-state index contributed by atoms with van der Waals surface area (Å²) in [6.07, 6.45) is 4.26. The summed E-state index contributed by atoms with van der Waals surface area (Å²) in [7, 11) is 0. The topological polar surface area (TPSA) is 24.9 Å². The molecule has 1 N–H and O–H groups in total. The van der Waals surface area contributed by atoms with Gasteiger partial charge in [0.05, 0.1) is 17.4 Å². The van der Waals surface area contributed by atoms with Crippen molar-refractivity contribution in [1.82, 2.24) is 4.98 Å². The first-order chi connectivity index (χ1) is 9.24. The van der Waals surface area contributed by atoms with Crippen LogP contribution >= 0.6 is 0 Å². The molecule has 0 saturated heterocycles. The highest BCUT2D eigenvalue weighted by Crippen LogP contribution is 2.43. The van der Waals surface area contributed by atoms with Gasteiger partial charge in [0.25, 0.3) is 0 Å². The summed E-state index contributed by atoms with van der Waals surface area (Å²) in [4.78, 5) is 4.30. The van der Waals surface area contributed by atoms with Crippen LogP contribution in [0.2, 0.25) is 0 Å². The van der Waals surface area contributed by atoms with Crippen LogP contribution in [0.5, 0.6) is 0 Å². The number of pyridine rings is 1. The highest BCUT2D eigenvalue weighted by Gasteiger charge is 2.32. The number of anilines is 1. The highest BCUT2D eigenvalue weighted by atomic mass is 19.1. The second-order valence-corrected chi connectivity index (χ2v) is 5.15. The van der Waals surface area contributed by atoms with Crippen LogP contribution in [0.1, 0.15) is 30.1 Å². The predicted molar refractivity (Wildman–Crippen MR) is 74.5 cm³/mol. The Labute approximate surface area is 112 Å². The monoisotopic (exact) mass is 256 g/mol. The summed E-state index contributed by atoms with van der Waals surface area (Å²) in [5, 5.41) is 3.56. The van der Waals surface area contributed by atoms with E-state index in [1.54, 1.807) is 6.20 Å². The highest BCUT2D eigenvalue weighted by molar-refractivity contribution is 5.49. The SMILES string of the molecule is Cc1ncccc1NC(c1ccc(F)cc1)C1CC1. The van der Waals surface area contributed by atoms with Crippen molar-refractivity contribution >= 4 is 5.69 Å². The molecule has 1 heterocycles. The molecule has 0 spiro atoms. The average Bonchev–Trinajstić information content (AvgIpc) is 3.24. The van der Waals surface area contributed by atoms with Crippen molar-refractivity contribution < 1.29 is 4.39 Å². The fourth-order valence-electron chi connectivity index (χ4n) is 2.38. The molecule has 1 unspecified atom stereocenters. The molecule has 1 fully saturated rings. The minimum atomic E-state index is -0.184. The normalized spacial score (nSPS) is 16.1. The van der Waals surface area contributed by atoms with Gasteiger partial charge in [0, 0.05) is 6.20 Å². The summed E-state index contributed by atoms with van der Waals surface area (Å²) in [5.41, 5.74) is 3.20. The van der Waals surface area contributed by atoms with Gasteiger partial charge in [-0.15, -0.1) is 0 Å². The standard InChI is InChI=1S/C16H17FN2/c1-11-15(3-2-10-18-11)19-16(12-4-5-12)13-6-8-14(17)9-7-13/h2-3,6-10,12,16,19H,4-5H2,1H3. The average molecular weight is 256 g/mol. The van der Waals surface area contributed by atoms with Gasteiger partial charge >= 0.3 is 0 Å². The van der Waals surface area contributed by atoms with E-state index in [-0.39, 0.29) is 11.9 Å². The van der Waals surface area contributed by atoms with Crippen LogP contribution in [0.15, 0.2) is 42.6 Å². The Hall–Kier alpha value is -1.90. The first-order valence-electron chi connectivity index (χ1n) is 6.67. The van der Waals surface area contributed by atoms with Crippen molar-refractivity contribution in [2.24, 2.45) is 5.92 Å². The van der Waals surface area contributed by atoms with Crippen LogP contribution in [0.25, 0.3) is 0 Å². The fraction of sp³-hybridized carbons (Fsp3) is 0.312. The number of nitrogens with one attached hydrogen (secondary N) is 1. The van der Waals surface area contributed by atoms with E-state index in [0.717, 1.165) is 16.9 Å². The third-order valence-corrected chi connectivity index (χ3v) is 3.64. The first-order valence-corrected chi connectivity index (χ1v) is 6.67. The number of benzene rings is 1. The quantitative estimate of drug-likeness (QED) is 0.891. The lowest BCUT2D eigenvalue weighted by Gasteiger charge is -2.21. The molecule has 0 amide bonds. The maximum absolute atomic E-state index is 13.0. The van der Waals surface area contributed by atoms with E-state index in [4.69, 9.17) is 0 Å². The Balaban J connectivity index is 1.86. The van der Waals surface area contributed by atoms with Gasteiger partial charge in [-0.05, 0) is 55.5 Å². The minimum Gasteiger partial charge on any atom is -0.376 e. The largest absolute Gasteiger partial charge is 0.376 e. The van der Waals surface area contributed by atoms with Crippen LogP contribution in [0.3, 0.4) is 0 Å². The van der Waals surface area contributed by atoms with Crippen molar-refractivity contribution in [2.45, 2.75) is 25.8 Å². The summed E-state index contributed by atoms with van der Waals surface area (Å²) in [6, 6.07) is 11.0. The zero-order valence-electron chi connectivity index (χ0n) is 10.9. The Morgan fingerprint density at radius 1 is 1.21 bits per heavy atom. The zero-order chi connectivity index (χ0) is 13.2. The van der Waals surface area contributed by atoms with E-state index in [0.29, 0.717) is 5.92 Å². The van der Waals surface area contributed by atoms with Gasteiger partial charge in [0.1, 0.15) is 5.82 Å². The van der Waals surface area contributed by atoms with Gasteiger partial charge in [-0.3, -0.25) is 4.98 Å². The number of halogens is 1. The second kappa shape index (κ2) is 5.00. The molecule has 1 aromatic carbocycles. The molecule has 1 saturated carbocycles. The number of aryl methyl sites for hydroxylation is 1. The Kier molecular flexibility index (Phi) is 3.20. The van der Waals surface area contributed by atoms with Crippen LogP contribution in [-0.2, 0) is 0 Å². The molecule has 0 bridgehead atoms. The van der Waals surface area contributed by atoms with Crippen LogP contribution in [-0.4, -0.2) is 4.98 Å². The summed E-state index contributed by atoms with van der Waals surface area (Å²) >= 11 is 0. The lowest BCUT2D eigenvalue weighted by Crippen LogP contribution is -2.14. The molecule has 1 atom stereocenters. The number of aromatic nitrogens is 1. The van der Waals surface area contributed by atoms with Crippen molar-refractivity contribution in [3.05, 3.63) is 59.7 Å². The van der Waals surface area contributed by atoms with Crippen LogP contribution < -0.4 is 5.32 Å². The van der Waals surface area contributed by atoms with Gasteiger partial charge in [-0.2, -0.15) is 0 Å². The maximum Gasteiger partial charge on any atom is 0.123 e.